The van der Waals surface area contributed by atoms with E-state index in [1.54, 1.807) is 4.68 Å². The summed E-state index contributed by atoms with van der Waals surface area (Å²) in [5.74, 6) is 2.40. The van der Waals surface area contributed by atoms with Crippen molar-refractivity contribution in [3.8, 4) is 28.6 Å². The molecule has 2 aromatic heterocycles. The number of para-hydroxylation sites is 1. The Hall–Kier alpha value is -4.26. The molecule has 0 saturated carbocycles. The summed E-state index contributed by atoms with van der Waals surface area (Å²) in [5, 5.41) is 13.6. The Balaban J connectivity index is 1.54. The number of benzene rings is 3. The second kappa shape index (κ2) is 9.54. The van der Waals surface area contributed by atoms with Gasteiger partial charge < -0.3 is 4.74 Å². The fourth-order valence-corrected chi connectivity index (χ4v) is 3.90. The molecule has 176 valence electrons. The zero-order valence-corrected chi connectivity index (χ0v) is 20.4. The van der Waals surface area contributed by atoms with Gasteiger partial charge in [0, 0.05) is 0 Å². The third-order valence-electron chi connectivity index (χ3n) is 5.87. The SMILES string of the molecule is Cc1cccc(-n2cc(-c3nc(COc4ccccc4C)nn3-c3cccc(C(C)C)c3)nn2)c1. The first-order valence-electron chi connectivity index (χ1n) is 11.7. The van der Waals surface area contributed by atoms with Crippen molar-refractivity contribution in [2.75, 3.05) is 0 Å². The first-order chi connectivity index (χ1) is 17.0. The van der Waals surface area contributed by atoms with Crippen molar-refractivity contribution in [2.24, 2.45) is 0 Å². The zero-order chi connectivity index (χ0) is 24.4. The van der Waals surface area contributed by atoms with E-state index in [1.165, 1.54) is 5.56 Å². The van der Waals surface area contributed by atoms with Gasteiger partial charge >= 0.3 is 0 Å². The van der Waals surface area contributed by atoms with Crippen LogP contribution in [0.1, 0.15) is 42.3 Å². The molecular weight excluding hydrogens is 436 g/mol. The molecule has 0 aliphatic rings. The second-order valence-corrected chi connectivity index (χ2v) is 8.95. The van der Waals surface area contributed by atoms with E-state index in [2.05, 4.69) is 55.3 Å². The van der Waals surface area contributed by atoms with E-state index in [1.807, 2.05) is 66.3 Å². The number of hydrogen-bond donors (Lipinski definition) is 0. The highest BCUT2D eigenvalue weighted by Gasteiger charge is 2.18. The van der Waals surface area contributed by atoms with Gasteiger partial charge in [-0.2, -0.15) is 0 Å². The third-order valence-corrected chi connectivity index (χ3v) is 5.87. The van der Waals surface area contributed by atoms with Crippen molar-refractivity contribution in [3.63, 3.8) is 0 Å². The van der Waals surface area contributed by atoms with E-state index in [9.17, 15) is 0 Å². The highest BCUT2D eigenvalue weighted by molar-refractivity contribution is 5.53. The van der Waals surface area contributed by atoms with Gasteiger partial charge in [0.15, 0.2) is 17.3 Å². The van der Waals surface area contributed by atoms with Crippen molar-refractivity contribution in [1.82, 2.24) is 29.8 Å². The zero-order valence-electron chi connectivity index (χ0n) is 20.4. The lowest BCUT2D eigenvalue weighted by molar-refractivity contribution is 0.294. The van der Waals surface area contributed by atoms with E-state index >= 15 is 0 Å². The summed E-state index contributed by atoms with van der Waals surface area (Å²) in [4.78, 5) is 4.81. The number of hydrogen-bond acceptors (Lipinski definition) is 5. The van der Waals surface area contributed by atoms with Gasteiger partial charge in [-0.15, -0.1) is 10.2 Å². The number of aryl methyl sites for hydroxylation is 2. The molecule has 0 aliphatic heterocycles. The summed E-state index contributed by atoms with van der Waals surface area (Å²) >= 11 is 0. The summed E-state index contributed by atoms with van der Waals surface area (Å²) < 4.78 is 9.62. The van der Waals surface area contributed by atoms with Gasteiger partial charge in [0.05, 0.1) is 17.6 Å². The van der Waals surface area contributed by atoms with Crippen LogP contribution in [0.4, 0.5) is 0 Å². The fraction of sp³-hybridized carbons (Fsp3) is 0.214. The molecule has 35 heavy (non-hydrogen) atoms. The van der Waals surface area contributed by atoms with Crippen molar-refractivity contribution >= 4 is 0 Å². The van der Waals surface area contributed by atoms with Crippen LogP contribution < -0.4 is 4.74 Å². The lowest BCUT2D eigenvalue weighted by Gasteiger charge is -2.09. The monoisotopic (exact) mass is 464 g/mol. The molecule has 7 heteroatoms. The molecule has 0 fully saturated rings. The van der Waals surface area contributed by atoms with Crippen LogP contribution in [0.15, 0.2) is 79.0 Å². The Morgan fingerprint density at radius 2 is 1.69 bits per heavy atom. The maximum absolute atomic E-state index is 6.03. The maximum Gasteiger partial charge on any atom is 0.189 e. The highest BCUT2D eigenvalue weighted by atomic mass is 16.5. The van der Waals surface area contributed by atoms with Crippen LogP contribution in [0.5, 0.6) is 5.75 Å². The van der Waals surface area contributed by atoms with Gasteiger partial charge in [-0.3, -0.25) is 0 Å². The highest BCUT2D eigenvalue weighted by Crippen LogP contribution is 2.24. The Bertz CT molecular complexity index is 1470. The Kier molecular flexibility index (Phi) is 6.14. The van der Waals surface area contributed by atoms with Crippen LogP contribution in [-0.4, -0.2) is 29.8 Å². The topological polar surface area (TPSA) is 70.7 Å². The average molecular weight is 465 g/mol. The van der Waals surface area contributed by atoms with E-state index < -0.39 is 0 Å². The number of aromatic nitrogens is 6. The lowest BCUT2D eigenvalue weighted by atomic mass is 10.0. The van der Waals surface area contributed by atoms with Gasteiger partial charge in [-0.05, 0) is 66.8 Å². The van der Waals surface area contributed by atoms with Crippen molar-refractivity contribution in [3.05, 3.63) is 102 Å². The van der Waals surface area contributed by atoms with Gasteiger partial charge in [0.1, 0.15) is 12.4 Å². The van der Waals surface area contributed by atoms with Crippen LogP contribution in [0.25, 0.3) is 22.9 Å². The minimum atomic E-state index is 0.251. The Labute approximate surface area is 205 Å². The third kappa shape index (κ3) is 4.84. The molecule has 0 bridgehead atoms. The largest absolute Gasteiger partial charge is 0.485 e. The fourth-order valence-electron chi connectivity index (χ4n) is 3.90. The normalized spacial score (nSPS) is 11.2. The summed E-state index contributed by atoms with van der Waals surface area (Å²) in [6.07, 6.45) is 1.88. The predicted molar refractivity (Wildman–Crippen MR) is 136 cm³/mol. The molecule has 5 aromatic rings. The standard InChI is InChI=1S/C28H28N6O/c1-19(2)22-11-8-13-24(16-22)34-28(25-17-33(32-30-25)23-12-7-9-20(3)15-23)29-27(31-34)18-35-26-14-6-5-10-21(26)4/h5-17,19H,18H2,1-4H3. The molecule has 0 amide bonds. The van der Waals surface area contributed by atoms with E-state index in [4.69, 9.17) is 14.8 Å². The molecule has 2 heterocycles. The Morgan fingerprint density at radius 1 is 0.886 bits per heavy atom. The summed E-state index contributed by atoms with van der Waals surface area (Å²) in [7, 11) is 0. The Morgan fingerprint density at radius 3 is 2.49 bits per heavy atom. The van der Waals surface area contributed by atoms with Crippen LogP contribution in [0.3, 0.4) is 0 Å². The molecule has 0 spiro atoms. The minimum Gasteiger partial charge on any atom is -0.485 e. The first-order valence-corrected chi connectivity index (χ1v) is 11.7. The van der Waals surface area contributed by atoms with Crippen LogP contribution in [-0.2, 0) is 6.61 Å². The molecule has 3 aromatic carbocycles. The number of nitrogens with zero attached hydrogens (tertiary/aromatic N) is 6. The smallest absolute Gasteiger partial charge is 0.189 e. The molecular formula is C28H28N6O. The molecule has 0 unspecified atom stereocenters. The average Bonchev–Trinajstić information content (AvgIpc) is 3.51. The van der Waals surface area contributed by atoms with E-state index in [0.29, 0.717) is 23.3 Å². The molecule has 0 radical (unpaired) electrons. The summed E-state index contributed by atoms with van der Waals surface area (Å²) in [6, 6.07) is 24.4. The van der Waals surface area contributed by atoms with Crippen molar-refractivity contribution in [2.45, 2.75) is 40.2 Å². The van der Waals surface area contributed by atoms with Gasteiger partial charge in [0.25, 0.3) is 0 Å². The van der Waals surface area contributed by atoms with Crippen LogP contribution in [0, 0.1) is 13.8 Å². The molecule has 5 rings (SSSR count). The number of rotatable bonds is 7. The van der Waals surface area contributed by atoms with E-state index in [-0.39, 0.29) is 6.61 Å². The quantitative estimate of drug-likeness (QED) is 0.303. The predicted octanol–water partition coefficient (Wildman–Crippen LogP) is 5.83. The van der Waals surface area contributed by atoms with Gasteiger partial charge in [-0.1, -0.05) is 61.5 Å². The van der Waals surface area contributed by atoms with Crippen LogP contribution in [0.2, 0.25) is 0 Å². The maximum atomic E-state index is 6.03. The van der Waals surface area contributed by atoms with Crippen molar-refractivity contribution in [1.29, 1.82) is 0 Å². The number of ether oxygens (including phenoxy) is 1. The first kappa shape index (κ1) is 22.5. The van der Waals surface area contributed by atoms with Gasteiger partial charge in [0.2, 0.25) is 0 Å². The minimum absolute atomic E-state index is 0.251. The molecule has 0 atom stereocenters. The molecule has 0 N–H and O–H groups in total. The van der Waals surface area contributed by atoms with Crippen molar-refractivity contribution < 1.29 is 4.74 Å². The van der Waals surface area contributed by atoms with E-state index in [0.717, 1.165) is 28.3 Å². The lowest BCUT2D eigenvalue weighted by Crippen LogP contribution is -2.03. The van der Waals surface area contributed by atoms with Crippen LogP contribution >= 0.6 is 0 Å². The molecule has 0 aliphatic carbocycles. The second-order valence-electron chi connectivity index (χ2n) is 8.95. The molecule has 0 saturated heterocycles. The summed E-state index contributed by atoms with van der Waals surface area (Å²) in [5.41, 5.74) is 5.95. The van der Waals surface area contributed by atoms with Gasteiger partial charge in [-0.25, -0.2) is 14.3 Å². The summed E-state index contributed by atoms with van der Waals surface area (Å²) in [6.45, 7) is 8.68. The molecule has 7 nitrogen and oxygen atoms in total.